The second-order valence-corrected chi connectivity index (χ2v) is 4.18. The summed E-state index contributed by atoms with van der Waals surface area (Å²) in [5, 5.41) is 0. The summed E-state index contributed by atoms with van der Waals surface area (Å²) in [6.07, 6.45) is 2.09. The Morgan fingerprint density at radius 2 is 2.19 bits per heavy atom. The van der Waals surface area contributed by atoms with E-state index in [1.54, 1.807) is 14.0 Å². The predicted molar refractivity (Wildman–Crippen MR) is 62.4 cm³/mol. The van der Waals surface area contributed by atoms with Crippen molar-refractivity contribution in [2.75, 3.05) is 13.7 Å². The summed E-state index contributed by atoms with van der Waals surface area (Å²) in [6.45, 7) is 3.19. The van der Waals surface area contributed by atoms with Gasteiger partial charge in [0.15, 0.2) is 0 Å². The van der Waals surface area contributed by atoms with E-state index in [2.05, 4.69) is 6.07 Å². The molecule has 0 aromatic heterocycles. The van der Waals surface area contributed by atoms with Gasteiger partial charge in [-0.2, -0.15) is 0 Å². The fourth-order valence-electron chi connectivity index (χ4n) is 2.13. The molecule has 86 valence electrons. The Morgan fingerprint density at radius 1 is 1.38 bits per heavy atom. The molecule has 0 saturated carbocycles. The number of carbonyl (C=O) groups is 1. The van der Waals surface area contributed by atoms with Crippen LogP contribution in [-0.4, -0.2) is 24.5 Å². The zero-order chi connectivity index (χ0) is 11.5. The summed E-state index contributed by atoms with van der Waals surface area (Å²) in [6, 6.07) is 6.14. The van der Waals surface area contributed by atoms with E-state index < -0.39 is 0 Å². The van der Waals surface area contributed by atoms with Crippen LogP contribution in [0.5, 0.6) is 5.75 Å². The van der Waals surface area contributed by atoms with Gasteiger partial charge in [0.1, 0.15) is 5.75 Å². The van der Waals surface area contributed by atoms with Crippen molar-refractivity contribution < 1.29 is 9.53 Å². The molecule has 3 heteroatoms. The molecule has 3 nitrogen and oxygen atoms in total. The highest BCUT2D eigenvalue weighted by molar-refractivity contribution is 5.73. The van der Waals surface area contributed by atoms with Gasteiger partial charge in [0.2, 0.25) is 5.91 Å². The van der Waals surface area contributed by atoms with Gasteiger partial charge in [-0.3, -0.25) is 4.79 Å². The molecule has 0 bridgehead atoms. The van der Waals surface area contributed by atoms with Gasteiger partial charge in [0.25, 0.3) is 0 Å². The quantitative estimate of drug-likeness (QED) is 0.723. The molecular weight excluding hydrogens is 202 g/mol. The zero-order valence-electron chi connectivity index (χ0n) is 9.82. The standard InChI is InChI=1S/C13H17NO2/c1-10(15)14-7-3-4-11-5-6-13(16-2)8-12(11)9-14/h5-6,8H,3-4,7,9H2,1-2H3. The van der Waals surface area contributed by atoms with Crippen molar-refractivity contribution >= 4 is 5.91 Å². The van der Waals surface area contributed by atoms with E-state index in [9.17, 15) is 4.79 Å². The fourth-order valence-corrected chi connectivity index (χ4v) is 2.13. The van der Waals surface area contributed by atoms with Crippen molar-refractivity contribution in [3.05, 3.63) is 29.3 Å². The zero-order valence-corrected chi connectivity index (χ0v) is 9.82. The molecule has 0 fully saturated rings. The second-order valence-electron chi connectivity index (χ2n) is 4.18. The van der Waals surface area contributed by atoms with E-state index in [0.717, 1.165) is 25.1 Å². The third-order valence-corrected chi connectivity index (χ3v) is 3.09. The highest BCUT2D eigenvalue weighted by atomic mass is 16.5. The van der Waals surface area contributed by atoms with Gasteiger partial charge in [-0.1, -0.05) is 6.07 Å². The van der Waals surface area contributed by atoms with E-state index in [4.69, 9.17) is 4.74 Å². The topological polar surface area (TPSA) is 29.5 Å². The number of aryl methyl sites for hydroxylation is 1. The molecular formula is C13H17NO2. The van der Waals surface area contributed by atoms with E-state index in [-0.39, 0.29) is 5.91 Å². The van der Waals surface area contributed by atoms with Gasteiger partial charge in [-0.25, -0.2) is 0 Å². The SMILES string of the molecule is COc1ccc2c(c1)CN(C(C)=O)CCC2. The Morgan fingerprint density at radius 3 is 2.88 bits per heavy atom. The van der Waals surface area contributed by atoms with Crippen LogP contribution in [-0.2, 0) is 17.8 Å². The largest absolute Gasteiger partial charge is 0.497 e. The molecule has 0 N–H and O–H groups in total. The maximum Gasteiger partial charge on any atom is 0.219 e. The molecule has 2 rings (SSSR count). The Hall–Kier alpha value is -1.51. The van der Waals surface area contributed by atoms with Crippen molar-refractivity contribution in [3.63, 3.8) is 0 Å². The van der Waals surface area contributed by atoms with Crippen LogP contribution in [0.4, 0.5) is 0 Å². The van der Waals surface area contributed by atoms with Gasteiger partial charge < -0.3 is 9.64 Å². The van der Waals surface area contributed by atoms with Crippen LogP contribution < -0.4 is 4.74 Å². The maximum absolute atomic E-state index is 11.4. The first-order chi connectivity index (χ1) is 7.70. The van der Waals surface area contributed by atoms with E-state index in [0.29, 0.717) is 6.54 Å². The van der Waals surface area contributed by atoms with Gasteiger partial charge in [0, 0.05) is 20.0 Å². The van der Waals surface area contributed by atoms with Crippen molar-refractivity contribution in [1.82, 2.24) is 4.90 Å². The Labute approximate surface area is 96.0 Å². The number of rotatable bonds is 1. The number of hydrogen-bond acceptors (Lipinski definition) is 2. The lowest BCUT2D eigenvalue weighted by atomic mass is 10.0. The molecule has 1 heterocycles. The minimum Gasteiger partial charge on any atom is -0.497 e. The Bertz CT molecular complexity index is 401. The highest BCUT2D eigenvalue weighted by Crippen LogP contribution is 2.23. The van der Waals surface area contributed by atoms with Crippen LogP contribution >= 0.6 is 0 Å². The lowest BCUT2D eigenvalue weighted by molar-refractivity contribution is -0.129. The van der Waals surface area contributed by atoms with Crippen LogP contribution in [0.2, 0.25) is 0 Å². The molecule has 0 saturated heterocycles. The number of hydrogen-bond donors (Lipinski definition) is 0. The highest BCUT2D eigenvalue weighted by Gasteiger charge is 2.16. The first-order valence-electron chi connectivity index (χ1n) is 5.62. The van der Waals surface area contributed by atoms with E-state index in [1.807, 2.05) is 17.0 Å². The van der Waals surface area contributed by atoms with Crippen molar-refractivity contribution in [2.24, 2.45) is 0 Å². The predicted octanol–water partition coefficient (Wildman–Crippen LogP) is 1.99. The normalized spacial score (nSPS) is 15.2. The summed E-state index contributed by atoms with van der Waals surface area (Å²) in [7, 11) is 1.67. The van der Waals surface area contributed by atoms with Crippen molar-refractivity contribution in [1.29, 1.82) is 0 Å². The first-order valence-corrected chi connectivity index (χ1v) is 5.62. The number of amides is 1. The summed E-state index contributed by atoms with van der Waals surface area (Å²) in [5.41, 5.74) is 2.55. The summed E-state index contributed by atoms with van der Waals surface area (Å²) < 4.78 is 5.21. The minimum absolute atomic E-state index is 0.149. The molecule has 1 aliphatic rings. The van der Waals surface area contributed by atoms with Gasteiger partial charge in [-0.15, -0.1) is 0 Å². The molecule has 0 spiro atoms. The molecule has 16 heavy (non-hydrogen) atoms. The summed E-state index contributed by atoms with van der Waals surface area (Å²) >= 11 is 0. The van der Waals surface area contributed by atoms with Crippen LogP contribution in [0.25, 0.3) is 0 Å². The maximum atomic E-state index is 11.4. The van der Waals surface area contributed by atoms with Gasteiger partial charge in [0.05, 0.1) is 7.11 Å². The molecule has 0 radical (unpaired) electrons. The van der Waals surface area contributed by atoms with Crippen LogP contribution in [0, 0.1) is 0 Å². The average Bonchev–Trinajstić information content (AvgIpc) is 2.49. The number of fused-ring (bicyclic) bond motifs is 1. The van der Waals surface area contributed by atoms with Crippen molar-refractivity contribution in [3.8, 4) is 5.75 Å². The number of nitrogens with zero attached hydrogens (tertiary/aromatic N) is 1. The Kier molecular flexibility index (Phi) is 3.13. The smallest absolute Gasteiger partial charge is 0.219 e. The number of methoxy groups -OCH3 is 1. The molecule has 0 aliphatic carbocycles. The van der Waals surface area contributed by atoms with Crippen LogP contribution in [0.3, 0.4) is 0 Å². The number of ether oxygens (including phenoxy) is 1. The van der Waals surface area contributed by atoms with Crippen LogP contribution in [0.15, 0.2) is 18.2 Å². The first kappa shape index (κ1) is 11.0. The number of benzene rings is 1. The van der Waals surface area contributed by atoms with Crippen molar-refractivity contribution in [2.45, 2.75) is 26.3 Å². The minimum atomic E-state index is 0.149. The molecule has 1 amide bonds. The fraction of sp³-hybridized carbons (Fsp3) is 0.462. The van der Waals surface area contributed by atoms with E-state index in [1.165, 1.54) is 11.1 Å². The Balaban J connectivity index is 2.30. The lowest BCUT2D eigenvalue weighted by Crippen LogP contribution is -2.28. The average molecular weight is 219 g/mol. The summed E-state index contributed by atoms with van der Waals surface area (Å²) in [5.74, 6) is 1.01. The molecule has 1 aromatic rings. The van der Waals surface area contributed by atoms with Crippen LogP contribution in [0.1, 0.15) is 24.5 Å². The molecule has 1 aliphatic heterocycles. The van der Waals surface area contributed by atoms with E-state index >= 15 is 0 Å². The molecule has 1 aromatic carbocycles. The number of carbonyl (C=O) groups excluding carboxylic acids is 1. The second kappa shape index (κ2) is 4.56. The summed E-state index contributed by atoms with van der Waals surface area (Å²) in [4.78, 5) is 13.3. The lowest BCUT2D eigenvalue weighted by Gasteiger charge is -2.18. The third-order valence-electron chi connectivity index (χ3n) is 3.09. The molecule has 0 unspecified atom stereocenters. The van der Waals surface area contributed by atoms with Gasteiger partial charge >= 0.3 is 0 Å². The molecule has 0 atom stereocenters. The monoisotopic (exact) mass is 219 g/mol. The van der Waals surface area contributed by atoms with Gasteiger partial charge in [-0.05, 0) is 36.1 Å². The third kappa shape index (κ3) is 2.18.